The Morgan fingerprint density at radius 2 is 1.68 bits per heavy atom. The van der Waals surface area contributed by atoms with Gasteiger partial charge in [0, 0.05) is 5.56 Å². The summed E-state index contributed by atoms with van der Waals surface area (Å²) in [7, 11) is 0. The SMILES string of the molecule is Cc1cc(C(=O)NC(C(=O)O)C(C)C)cc(C)c1OC(F)F. The van der Waals surface area contributed by atoms with Crippen LogP contribution in [0.5, 0.6) is 5.75 Å². The standard InChI is InChI=1S/C15H19F2NO4/c1-7(2)11(14(20)21)18-13(19)10-5-8(3)12(9(4)6-10)22-15(16)17/h5-7,11,15H,1-4H3,(H,18,19)(H,20,21). The Labute approximate surface area is 127 Å². The maximum Gasteiger partial charge on any atom is 0.387 e. The topological polar surface area (TPSA) is 75.6 Å². The summed E-state index contributed by atoms with van der Waals surface area (Å²) in [6.07, 6.45) is 0. The van der Waals surface area contributed by atoms with Gasteiger partial charge in [-0.05, 0) is 43.0 Å². The number of aliphatic carboxylic acids is 1. The van der Waals surface area contributed by atoms with Gasteiger partial charge in [-0.2, -0.15) is 8.78 Å². The Morgan fingerprint density at radius 1 is 1.18 bits per heavy atom. The van der Waals surface area contributed by atoms with E-state index < -0.39 is 24.5 Å². The fourth-order valence-electron chi connectivity index (χ4n) is 2.09. The number of ether oxygens (including phenoxy) is 1. The van der Waals surface area contributed by atoms with Crippen LogP contribution in [0.4, 0.5) is 8.78 Å². The van der Waals surface area contributed by atoms with E-state index in [9.17, 15) is 18.4 Å². The first kappa shape index (κ1) is 17.9. The molecule has 0 aliphatic heterocycles. The lowest BCUT2D eigenvalue weighted by Crippen LogP contribution is -2.44. The number of carboxylic acids is 1. The predicted octanol–water partition coefficient (Wildman–Crippen LogP) is 2.74. The molecule has 0 aliphatic rings. The van der Waals surface area contributed by atoms with Crippen molar-refractivity contribution < 1.29 is 28.2 Å². The highest BCUT2D eigenvalue weighted by molar-refractivity contribution is 5.97. The molecule has 0 fully saturated rings. The van der Waals surface area contributed by atoms with Crippen LogP contribution in [0, 0.1) is 19.8 Å². The lowest BCUT2D eigenvalue weighted by molar-refractivity contribution is -0.140. The highest BCUT2D eigenvalue weighted by Gasteiger charge is 2.24. The summed E-state index contributed by atoms with van der Waals surface area (Å²) in [5, 5.41) is 11.5. The Hall–Kier alpha value is -2.18. The summed E-state index contributed by atoms with van der Waals surface area (Å²) in [6.45, 7) is 3.48. The number of benzene rings is 1. The third-order valence-electron chi connectivity index (χ3n) is 3.15. The summed E-state index contributed by atoms with van der Waals surface area (Å²) in [6, 6.07) is 1.75. The zero-order valence-corrected chi connectivity index (χ0v) is 12.8. The van der Waals surface area contributed by atoms with Crippen LogP contribution in [0.15, 0.2) is 12.1 Å². The first-order valence-electron chi connectivity index (χ1n) is 6.73. The number of carbonyl (C=O) groups is 2. The molecule has 0 radical (unpaired) electrons. The van der Waals surface area contributed by atoms with Crippen LogP contribution >= 0.6 is 0 Å². The van der Waals surface area contributed by atoms with E-state index in [1.165, 1.54) is 12.1 Å². The molecular weight excluding hydrogens is 296 g/mol. The molecule has 0 bridgehead atoms. The molecule has 1 aromatic carbocycles. The summed E-state index contributed by atoms with van der Waals surface area (Å²) >= 11 is 0. The number of hydrogen-bond donors (Lipinski definition) is 2. The molecule has 1 aromatic rings. The van der Waals surface area contributed by atoms with E-state index in [1.54, 1.807) is 27.7 Å². The molecule has 1 atom stereocenters. The zero-order chi connectivity index (χ0) is 17.0. The predicted molar refractivity (Wildman–Crippen MR) is 76.3 cm³/mol. The van der Waals surface area contributed by atoms with Gasteiger partial charge in [-0.3, -0.25) is 4.79 Å². The number of alkyl halides is 2. The minimum absolute atomic E-state index is 0.0187. The van der Waals surface area contributed by atoms with Crippen molar-refractivity contribution in [1.29, 1.82) is 0 Å². The average molecular weight is 315 g/mol. The van der Waals surface area contributed by atoms with Crippen LogP contribution in [0.25, 0.3) is 0 Å². The van der Waals surface area contributed by atoms with Crippen molar-refractivity contribution in [3.8, 4) is 5.75 Å². The largest absolute Gasteiger partial charge is 0.480 e. The zero-order valence-electron chi connectivity index (χ0n) is 12.8. The van der Waals surface area contributed by atoms with Gasteiger partial charge in [0.15, 0.2) is 0 Å². The van der Waals surface area contributed by atoms with Crippen molar-refractivity contribution >= 4 is 11.9 Å². The Morgan fingerprint density at radius 3 is 2.05 bits per heavy atom. The highest BCUT2D eigenvalue weighted by Crippen LogP contribution is 2.26. The maximum absolute atomic E-state index is 12.3. The molecule has 0 spiro atoms. The molecular formula is C15H19F2NO4. The summed E-state index contributed by atoms with van der Waals surface area (Å²) in [5.74, 6) is -1.97. The number of rotatable bonds is 6. The molecule has 0 saturated heterocycles. The number of nitrogens with one attached hydrogen (secondary N) is 1. The van der Waals surface area contributed by atoms with E-state index in [2.05, 4.69) is 10.1 Å². The third kappa shape index (κ3) is 4.41. The quantitative estimate of drug-likeness (QED) is 0.846. The van der Waals surface area contributed by atoms with Crippen LogP contribution < -0.4 is 10.1 Å². The van der Waals surface area contributed by atoms with Gasteiger partial charge in [-0.25, -0.2) is 4.79 Å². The van der Waals surface area contributed by atoms with Gasteiger partial charge in [0.05, 0.1) is 0 Å². The van der Waals surface area contributed by atoms with Crippen molar-refractivity contribution in [3.05, 3.63) is 28.8 Å². The molecule has 1 rings (SSSR count). The minimum Gasteiger partial charge on any atom is -0.480 e. The molecule has 0 heterocycles. The number of hydrogen-bond acceptors (Lipinski definition) is 3. The number of aryl methyl sites for hydroxylation is 2. The summed E-state index contributed by atoms with van der Waals surface area (Å²) < 4.78 is 29.1. The molecule has 1 amide bonds. The van der Waals surface area contributed by atoms with Crippen LogP contribution in [-0.2, 0) is 4.79 Å². The molecule has 0 saturated carbocycles. The van der Waals surface area contributed by atoms with E-state index >= 15 is 0 Å². The van der Waals surface area contributed by atoms with E-state index in [4.69, 9.17) is 5.11 Å². The third-order valence-corrected chi connectivity index (χ3v) is 3.15. The lowest BCUT2D eigenvalue weighted by atomic mass is 10.0. The van der Waals surface area contributed by atoms with Gasteiger partial charge < -0.3 is 15.2 Å². The first-order valence-corrected chi connectivity index (χ1v) is 6.73. The monoisotopic (exact) mass is 315 g/mol. The average Bonchev–Trinajstić information content (AvgIpc) is 2.38. The smallest absolute Gasteiger partial charge is 0.387 e. The molecule has 7 heteroatoms. The maximum atomic E-state index is 12.3. The van der Waals surface area contributed by atoms with Crippen molar-refractivity contribution in [2.75, 3.05) is 0 Å². The Kier molecular flexibility index (Phi) is 5.84. The minimum atomic E-state index is -2.95. The van der Waals surface area contributed by atoms with Gasteiger partial charge in [0.2, 0.25) is 0 Å². The van der Waals surface area contributed by atoms with Gasteiger partial charge in [-0.15, -0.1) is 0 Å². The van der Waals surface area contributed by atoms with Gasteiger partial charge >= 0.3 is 12.6 Å². The van der Waals surface area contributed by atoms with Crippen molar-refractivity contribution in [3.63, 3.8) is 0 Å². The van der Waals surface area contributed by atoms with Crippen LogP contribution in [0.1, 0.15) is 35.3 Å². The van der Waals surface area contributed by atoms with Crippen LogP contribution in [0.2, 0.25) is 0 Å². The van der Waals surface area contributed by atoms with Crippen molar-refractivity contribution in [2.45, 2.75) is 40.3 Å². The molecule has 0 aliphatic carbocycles. The molecule has 0 aromatic heterocycles. The molecule has 1 unspecified atom stereocenters. The van der Waals surface area contributed by atoms with Crippen LogP contribution in [-0.4, -0.2) is 29.6 Å². The number of carbonyl (C=O) groups excluding carboxylic acids is 1. The summed E-state index contributed by atoms with van der Waals surface area (Å²) in [5.41, 5.74) is 0.951. The molecule has 22 heavy (non-hydrogen) atoms. The Balaban J connectivity index is 3.02. The highest BCUT2D eigenvalue weighted by atomic mass is 19.3. The normalized spacial score (nSPS) is 12.4. The number of halogens is 2. The second-order valence-electron chi connectivity index (χ2n) is 5.35. The lowest BCUT2D eigenvalue weighted by Gasteiger charge is -2.19. The second kappa shape index (κ2) is 7.20. The Bertz CT molecular complexity index is 550. The van der Waals surface area contributed by atoms with Gasteiger partial charge in [-0.1, -0.05) is 13.8 Å². The van der Waals surface area contributed by atoms with E-state index in [1.807, 2.05) is 0 Å². The summed E-state index contributed by atoms with van der Waals surface area (Å²) in [4.78, 5) is 23.2. The van der Waals surface area contributed by atoms with Crippen molar-refractivity contribution in [2.24, 2.45) is 5.92 Å². The number of amides is 1. The fraction of sp³-hybridized carbons (Fsp3) is 0.467. The van der Waals surface area contributed by atoms with Gasteiger partial charge in [0.25, 0.3) is 5.91 Å². The van der Waals surface area contributed by atoms with Crippen molar-refractivity contribution in [1.82, 2.24) is 5.32 Å². The van der Waals surface area contributed by atoms with E-state index in [0.29, 0.717) is 11.1 Å². The number of carboxylic acid groups (broad SMARTS) is 1. The van der Waals surface area contributed by atoms with Gasteiger partial charge in [0.1, 0.15) is 11.8 Å². The fourth-order valence-corrected chi connectivity index (χ4v) is 2.09. The van der Waals surface area contributed by atoms with E-state index in [-0.39, 0.29) is 17.2 Å². The molecule has 5 nitrogen and oxygen atoms in total. The van der Waals surface area contributed by atoms with E-state index in [0.717, 1.165) is 0 Å². The first-order chi connectivity index (χ1) is 10.1. The van der Waals surface area contributed by atoms with Crippen LogP contribution in [0.3, 0.4) is 0 Å². The molecule has 2 N–H and O–H groups in total. The second-order valence-corrected chi connectivity index (χ2v) is 5.35. The molecule has 122 valence electrons.